The van der Waals surface area contributed by atoms with Gasteiger partial charge in [-0.3, -0.25) is 4.90 Å². The smallest absolute Gasteiger partial charge is 0.138 e. The van der Waals surface area contributed by atoms with Gasteiger partial charge in [0.1, 0.15) is 11.6 Å². The number of nitrogens with two attached hydrogens (primary N) is 1. The minimum absolute atomic E-state index is 0. The van der Waals surface area contributed by atoms with Crippen molar-refractivity contribution in [1.82, 2.24) is 9.97 Å². The monoisotopic (exact) mass is 455 g/mol. The Morgan fingerprint density at radius 1 is 0.714 bits per heavy atom. The van der Waals surface area contributed by atoms with Crippen molar-refractivity contribution in [3.8, 4) is 0 Å². The summed E-state index contributed by atoms with van der Waals surface area (Å²) >= 11 is 0. The molecule has 0 amide bonds. The van der Waals surface area contributed by atoms with Gasteiger partial charge in [-0.05, 0) is 36.4 Å². The fourth-order valence-electron chi connectivity index (χ4n) is 2.03. The number of para-hydroxylation sites is 2. The molecule has 2 aromatic heterocycles. The van der Waals surface area contributed by atoms with Crippen LogP contribution in [0.15, 0.2) is 73.1 Å². The number of hydrogen-bond donors (Lipinski definition) is 1. The van der Waals surface area contributed by atoms with Gasteiger partial charge in [0, 0.05) is 32.5 Å². The SMILES string of the molecule is Nc1ccccc1N(c1ccccn1)c1ccccn1.[Ir]. The van der Waals surface area contributed by atoms with Crippen LogP contribution in [0.4, 0.5) is 23.0 Å². The Morgan fingerprint density at radius 2 is 1.24 bits per heavy atom. The molecule has 0 atom stereocenters. The first kappa shape index (κ1) is 15.2. The van der Waals surface area contributed by atoms with Crippen LogP contribution in [0.2, 0.25) is 0 Å². The van der Waals surface area contributed by atoms with Crippen LogP contribution in [0, 0.1) is 0 Å². The molecular weight excluding hydrogens is 440 g/mol. The molecule has 0 saturated heterocycles. The fraction of sp³-hybridized carbons (Fsp3) is 0. The van der Waals surface area contributed by atoms with Crippen LogP contribution in [0.1, 0.15) is 0 Å². The molecule has 3 rings (SSSR count). The minimum atomic E-state index is 0. The molecule has 0 aliphatic carbocycles. The van der Waals surface area contributed by atoms with Gasteiger partial charge in [-0.2, -0.15) is 0 Å². The second-order valence-electron chi connectivity index (χ2n) is 4.27. The van der Waals surface area contributed by atoms with E-state index in [4.69, 9.17) is 5.73 Å². The molecular formula is C16H14IrN4. The van der Waals surface area contributed by atoms with Crippen LogP contribution in [0.3, 0.4) is 0 Å². The Morgan fingerprint density at radius 3 is 1.71 bits per heavy atom. The van der Waals surface area contributed by atoms with Crippen LogP contribution in [-0.4, -0.2) is 9.97 Å². The molecule has 1 radical (unpaired) electrons. The van der Waals surface area contributed by atoms with Crippen LogP contribution in [0.5, 0.6) is 0 Å². The molecule has 4 nitrogen and oxygen atoms in total. The molecule has 2 heterocycles. The maximum Gasteiger partial charge on any atom is 0.138 e. The van der Waals surface area contributed by atoms with Crippen molar-refractivity contribution in [2.45, 2.75) is 0 Å². The van der Waals surface area contributed by atoms with Gasteiger partial charge in [-0.1, -0.05) is 24.3 Å². The van der Waals surface area contributed by atoms with Crippen LogP contribution >= 0.6 is 0 Å². The number of aromatic nitrogens is 2. The molecule has 0 aliphatic rings. The average molecular weight is 455 g/mol. The van der Waals surface area contributed by atoms with E-state index in [2.05, 4.69) is 9.97 Å². The third-order valence-corrected chi connectivity index (χ3v) is 2.93. The first-order chi connectivity index (χ1) is 9.86. The van der Waals surface area contributed by atoms with Crippen molar-refractivity contribution in [2.24, 2.45) is 0 Å². The van der Waals surface area contributed by atoms with Gasteiger partial charge in [0.2, 0.25) is 0 Å². The van der Waals surface area contributed by atoms with E-state index in [0.29, 0.717) is 5.69 Å². The maximum atomic E-state index is 6.10. The number of nitrogens with zero attached hydrogens (tertiary/aromatic N) is 3. The summed E-state index contributed by atoms with van der Waals surface area (Å²) in [5, 5.41) is 0. The predicted molar refractivity (Wildman–Crippen MR) is 81.1 cm³/mol. The van der Waals surface area contributed by atoms with Crippen molar-refractivity contribution in [3.05, 3.63) is 73.1 Å². The minimum Gasteiger partial charge on any atom is -0.397 e. The third-order valence-electron chi connectivity index (χ3n) is 2.93. The van der Waals surface area contributed by atoms with Gasteiger partial charge < -0.3 is 5.73 Å². The van der Waals surface area contributed by atoms with Gasteiger partial charge in [0.15, 0.2) is 0 Å². The second-order valence-corrected chi connectivity index (χ2v) is 4.27. The molecule has 21 heavy (non-hydrogen) atoms. The Balaban J connectivity index is 0.00000161. The van der Waals surface area contributed by atoms with Crippen LogP contribution < -0.4 is 10.6 Å². The molecule has 0 aliphatic heterocycles. The number of rotatable bonds is 3. The maximum absolute atomic E-state index is 6.10. The van der Waals surface area contributed by atoms with Crippen molar-refractivity contribution in [3.63, 3.8) is 0 Å². The van der Waals surface area contributed by atoms with E-state index in [1.54, 1.807) is 12.4 Å². The molecule has 0 unspecified atom stereocenters. The summed E-state index contributed by atoms with van der Waals surface area (Å²) in [6, 6.07) is 19.2. The van der Waals surface area contributed by atoms with Crippen molar-refractivity contribution in [2.75, 3.05) is 10.6 Å². The van der Waals surface area contributed by atoms with E-state index in [0.717, 1.165) is 17.3 Å². The molecule has 0 saturated carbocycles. The molecule has 0 bridgehead atoms. The molecule has 0 spiro atoms. The predicted octanol–water partition coefficient (Wildman–Crippen LogP) is 3.53. The van der Waals surface area contributed by atoms with E-state index in [9.17, 15) is 0 Å². The number of pyridine rings is 2. The Hall–Kier alpha value is -2.23. The Labute approximate surface area is 137 Å². The molecule has 0 fully saturated rings. The average Bonchev–Trinajstić information content (AvgIpc) is 2.52. The van der Waals surface area contributed by atoms with E-state index < -0.39 is 0 Å². The molecule has 2 N–H and O–H groups in total. The summed E-state index contributed by atoms with van der Waals surface area (Å²) in [6.45, 7) is 0. The van der Waals surface area contributed by atoms with Crippen LogP contribution in [-0.2, 0) is 20.1 Å². The summed E-state index contributed by atoms with van der Waals surface area (Å²) in [7, 11) is 0. The number of hydrogen-bond acceptors (Lipinski definition) is 4. The van der Waals surface area contributed by atoms with Gasteiger partial charge in [0.05, 0.1) is 11.4 Å². The zero-order chi connectivity index (χ0) is 13.8. The number of anilines is 4. The fourth-order valence-corrected chi connectivity index (χ4v) is 2.03. The summed E-state index contributed by atoms with van der Waals surface area (Å²) < 4.78 is 0. The molecule has 107 valence electrons. The van der Waals surface area contributed by atoms with Gasteiger partial charge in [0.25, 0.3) is 0 Å². The summed E-state index contributed by atoms with van der Waals surface area (Å²) in [5.74, 6) is 1.56. The Bertz CT molecular complexity index is 649. The summed E-state index contributed by atoms with van der Waals surface area (Å²) in [5.41, 5.74) is 7.65. The third kappa shape index (κ3) is 3.27. The van der Waals surface area contributed by atoms with Crippen molar-refractivity contribution >= 4 is 23.0 Å². The molecule has 5 heteroatoms. The van der Waals surface area contributed by atoms with Crippen molar-refractivity contribution < 1.29 is 20.1 Å². The van der Waals surface area contributed by atoms with Crippen molar-refractivity contribution in [1.29, 1.82) is 0 Å². The number of benzene rings is 1. The first-order valence-corrected chi connectivity index (χ1v) is 6.33. The zero-order valence-corrected chi connectivity index (χ0v) is 13.6. The quantitative estimate of drug-likeness (QED) is 0.616. The van der Waals surface area contributed by atoms with E-state index in [1.165, 1.54) is 0 Å². The summed E-state index contributed by atoms with van der Waals surface area (Å²) in [6.07, 6.45) is 3.51. The van der Waals surface area contributed by atoms with Gasteiger partial charge in [-0.25, -0.2) is 9.97 Å². The van der Waals surface area contributed by atoms with E-state index in [-0.39, 0.29) is 20.1 Å². The first-order valence-electron chi connectivity index (χ1n) is 6.33. The number of nitrogen functional groups attached to an aromatic ring is 1. The summed E-state index contributed by atoms with van der Waals surface area (Å²) in [4.78, 5) is 10.7. The second kappa shape index (κ2) is 6.97. The van der Waals surface area contributed by atoms with Gasteiger partial charge >= 0.3 is 0 Å². The normalized spacial score (nSPS) is 9.71. The largest absolute Gasteiger partial charge is 0.397 e. The molecule has 3 aromatic rings. The standard InChI is InChI=1S/C16H14N4.Ir/c17-13-7-1-2-8-14(13)20(15-9-3-5-11-18-15)16-10-4-6-12-19-16;/h1-12H,17H2;. The van der Waals surface area contributed by atoms with Crippen LogP contribution in [0.25, 0.3) is 0 Å². The van der Waals surface area contributed by atoms with Gasteiger partial charge in [-0.15, -0.1) is 0 Å². The topological polar surface area (TPSA) is 55.0 Å². The van der Waals surface area contributed by atoms with E-state index >= 15 is 0 Å². The zero-order valence-electron chi connectivity index (χ0n) is 11.2. The van der Waals surface area contributed by atoms with E-state index in [1.807, 2.05) is 65.6 Å². The Kier molecular flexibility index (Phi) is 5.04. The molecule has 1 aromatic carbocycles.